The van der Waals surface area contributed by atoms with Crippen LogP contribution >= 0.6 is 0 Å². The lowest BCUT2D eigenvalue weighted by atomic mass is 9.87. The minimum atomic E-state index is -0.558. The molecule has 0 aromatic carbocycles. The van der Waals surface area contributed by atoms with Gasteiger partial charge < -0.3 is 18.8 Å². The summed E-state index contributed by atoms with van der Waals surface area (Å²) in [5, 5.41) is 8.86. The van der Waals surface area contributed by atoms with Crippen molar-refractivity contribution in [3.63, 3.8) is 0 Å². The molecule has 0 unspecified atom stereocenters. The standard InChI is InChI=1S/C10H16BNO4/c1-9(2)10(3,4)16-11(15-9)7-5-12-8(6-13)14-7/h5,13H,6H2,1-4H3. The molecule has 1 aliphatic heterocycles. The molecule has 1 fully saturated rings. The Balaban J connectivity index is 2.20. The van der Waals surface area contributed by atoms with Gasteiger partial charge in [-0.2, -0.15) is 0 Å². The lowest BCUT2D eigenvalue weighted by Crippen LogP contribution is -2.41. The van der Waals surface area contributed by atoms with Crippen molar-refractivity contribution in [2.24, 2.45) is 0 Å². The third-order valence-electron chi connectivity index (χ3n) is 3.19. The van der Waals surface area contributed by atoms with Gasteiger partial charge in [0.1, 0.15) is 6.61 Å². The summed E-state index contributed by atoms with van der Waals surface area (Å²) in [6.45, 7) is 7.65. The molecule has 0 aliphatic carbocycles. The summed E-state index contributed by atoms with van der Waals surface area (Å²) < 4.78 is 16.8. The van der Waals surface area contributed by atoms with Crippen LogP contribution in [0.4, 0.5) is 0 Å². The second-order valence-corrected chi connectivity index (χ2v) is 4.90. The number of hydrogen-bond donors (Lipinski definition) is 1. The molecule has 1 N–H and O–H groups in total. The fraction of sp³-hybridized carbons (Fsp3) is 0.700. The first kappa shape index (κ1) is 11.6. The zero-order valence-electron chi connectivity index (χ0n) is 9.98. The van der Waals surface area contributed by atoms with E-state index >= 15 is 0 Å². The monoisotopic (exact) mass is 225 g/mol. The molecule has 2 heterocycles. The van der Waals surface area contributed by atoms with Gasteiger partial charge in [-0.1, -0.05) is 0 Å². The van der Waals surface area contributed by atoms with Crippen LogP contribution < -0.4 is 5.66 Å². The zero-order valence-corrected chi connectivity index (χ0v) is 9.98. The van der Waals surface area contributed by atoms with E-state index in [2.05, 4.69) is 4.98 Å². The number of aliphatic hydroxyl groups is 1. The Labute approximate surface area is 94.9 Å². The van der Waals surface area contributed by atoms with Crippen LogP contribution in [0.5, 0.6) is 0 Å². The molecule has 88 valence electrons. The first-order valence-corrected chi connectivity index (χ1v) is 5.27. The number of nitrogens with zero attached hydrogens (tertiary/aromatic N) is 1. The molecule has 0 bridgehead atoms. The summed E-state index contributed by atoms with van der Waals surface area (Å²) in [6.07, 6.45) is 1.52. The number of hydrogen-bond acceptors (Lipinski definition) is 5. The van der Waals surface area contributed by atoms with Crippen LogP contribution in [0.3, 0.4) is 0 Å². The maximum Gasteiger partial charge on any atom is 0.534 e. The Morgan fingerprint density at radius 1 is 1.25 bits per heavy atom. The van der Waals surface area contributed by atoms with Gasteiger partial charge >= 0.3 is 7.12 Å². The van der Waals surface area contributed by atoms with Gasteiger partial charge in [0.05, 0.1) is 17.4 Å². The highest BCUT2D eigenvalue weighted by Crippen LogP contribution is 2.36. The number of aromatic nitrogens is 1. The van der Waals surface area contributed by atoms with Crippen molar-refractivity contribution in [1.29, 1.82) is 0 Å². The Morgan fingerprint density at radius 2 is 1.81 bits per heavy atom. The van der Waals surface area contributed by atoms with E-state index in [1.165, 1.54) is 6.20 Å². The van der Waals surface area contributed by atoms with E-state index in [0.29, 0.717) is 5.66 Å². The highest BCUT2D eigenvalue weighted by molar-refractivity contribution is 6.60. The Bertz CT molecular complexity index is 372. The lowest BCUT2D eigenvalue weighted by Gasteiger charge is -2.32. The van der Waals surface area contributed by atoms with Gasteiger partial charge in [-0.3, -0.25) is 0 Å². The van der Waals surface area contributed by atoms with Crippen molar-refractivity contribution >= 4 is 12.8 Å². The maximum absolute atomic E-state index is 8.86. The summed E-state index contributed by atoms with van der Waals surface area (Å²) in [7, 11) is -0.558. The minimum Gasteiger partial charge on any atom is -0.447 e. The van der Waals surface area contributed by atoms with E-state index in [0.717, 1.165) is 0 Å². The van der Waals surface area contributed by atoms with E-state index in [4.69, 9.17) is 18.8 Å². The Morgan fingerprint density at radius 3 is 2.25 bits per heavy atom. The van der Waals surface area contributed by atoms with Gasteiger partial charge in [0, 0.05) is 0 Å². The first-order chi connectivity index (χ1) is 7.36. The molecular formula is C10H16BNO4. The molecule has 1 aromatic rings. The Kier molecular flexibility index (Phi) is 2.60. The van der Waals surface area contributed by atoms with Crippen molar-refractivity contribution in [3.05, 3.63) is 12.1 Å². The van der Waals surface area contributed by atoms with E-state index in [9.17, 15) is 0 Å². The summed E-state index contributed by atoms with van der Waals surface area (Å²) in [6, 6.07) is 0. The average Bonchev–Trinajstić information content (AvgIpc) is 2.70. The van der Waals surface area contributed by atoms with E-state index < -0.39 is 18.3 Å². The van der Waals surface area contributed by atoms with Crippen molar-refractivity contribution in [2.45, 2.75) is 45.5 Å². The summed E-state index contributed by atoms with van der Waals surface area (Å²) in [4.78, 5) is 3.90. The van der Waals surface area contributed by atoms with Crippen LogP contribution in [0.1, 0.15) is 33.6 Å². The lowest BCUT2D eigenvalue weighted by molar-refractivity contribution is 0.00578. The maximum atomic E-state index is 8.86. The zero-order chi connectivity index (χ0) is 12.0. The van der Waals surface area contributed by atoms with Crippen LogP contribution in [0.2, 0.25) is 0 Å². The van der Waals surface area contributed by atoms with Crippen molar-refractivity contribution < 1.29 is 18.8 Å². The van der Waals surface area contributed by atoms with Gasteiger partial charge in [-0.05, 0) is 27.7 Å². The Hall–Kier alpha value is -0.845. The van der Waals surface area contributed by atoms with Crippen LogP contribution in [0.15, 0.2) is 10.6 Å². The predicted molar refractivity (Wildman–Crippen MR) is 58.1 cm³/mol. The molecule has 1 aromatic heterocycles. The van der Waals surface area contributed by atoms with Gasteiger partial charge in [-0.25, -0.2) is 4.98 Å². The SMILES string of the molecule is CC1(C)OB(c2cnc(CO)o2)OC1(C)C. The van der Waals surface area contributed by atoms with Gasteiger partial charge in [0.2, 0.25) is 5.89 Å². The molecule has 0 atom stereocenters. The third-order valence-corrected chi connectivity index (χ3v) is 3.19. The van der Waals surface area contributed by atoms with Gasteiger partial charge in [0.25, 0.3) is 0 Å². The third kappa shape index (κ3) is 1.77. The van der Waals surface area contributed by atoms with Crippen molar-refractivity contribution in [2.75, 3.05) is 0 Å². The molecule has 0 amide bonds. The van der Waals surface area contributed by atoms with E-state index in [1.807, 2.05) is 27.7 Å². The molecule has 5 nitrogen and oxygen atoms in total. The number of rotatable bonds is 2. The van der Waals surface area contributed by atoms with Crippen molar-refractivity contribution in [3.8, 4) is 0 Å². The number of oxazole rings is 1. The topological polar surface area (TPSA) is 64.7 Å². The summed E-state index contributed by atoms with van der Waals surface area (Å²) in [5.74, 6) is 0.268. The average molecular weight is 225 g/mol. The quantitative estimate of drug-likeness (QED) is 0.741. The first-order valence-electron chi connectivity index (χ1n) is 5.27. The molecule has 1 saturated heterocycles. The smallest absolute Gasteiger partial charge is 0.447 e. The van der Waals surface area contributed by atoms with Gasteiger partial charge in [0.15, 0.2) is 5.66 Å². The molecule has 2 rings (SSSR count). The second-order valence-electron chi connectivity index (χ2n) is 4.90. The summed E-state index contributed by atoms with van der Waals surface area (Å²) in [5.41, 5.74) is -0.309. The summed E-state index contributed by atoms with van der Waals surface area (Å²) >= 11 is 0. The molecule has 0 spiro atoms. The molecule has 6 heteroatoms. The van der Waals surface area contributed by atoms with Crippen molar-refractivity contribution in [1.82, 2.24) is 4.98 Å². The predicted octanol–water partition coefficient (Wildman–Crippen LogP) is 0.466. The van der Waals surface area contributed by atoms with Crippen LogP contribution in [-0.4, -0.2) is 28.4 Å². The molecule has 1 aliphatic rings. The molecule has 0 radical (unpaired) electrons. The highest BCUT2D eigenvalue weighted by atomic mass is 16.7. The van der Waals surface area contributed by atoms with Crippen LogP contribution in [-0.2, 0) is 15.9 Å². The minimum absolute atomic E-state index is 0.223. The van der Waals surface area contributed by atoms with E-state index in [1.54, 1.807) is 0 Å². The normalized spacial score (nSPS) is 22.7. The van der Waals surface area contributed by atoms with Gasteiger partial charge in [-0.15, -0.1) is 0 Å². The van der Waals surface area contributed by atoms with E-state index in [-0.39, 0.29) is 12.5 Å². The molecule has 16 heavy (non-hydrogen) atoms. The fourth-order valence-corrected chi connectivity index (χ4v) is 1.47. The van der Waals surface area contributed by atoms with Crippen LogP contribution in [0, 0.1) is 0 Å². The van der Waals surface area contributed by atoms with Crippen LogP contribution in [0.25, 0.3) is 0 Å². The second kappa shape index (κ2) is 3.58. The molecular weight excluding hydrogens is 209 g/mol. The number of aliphatic hydroxyl groups excluding tert-OH is 1. The largest absolute Gasteiger partial charge is 0.534 e. The fourth-order valence-electron chi connectivity index (χ4n) is 1.47. The highest BCUT2D eigenvalue weighted by Gasteiger charge is 2.53. The molecule has 0 saturated carbocycles.